The molecule has 0 aliphatic heterocycles. The van der Waals surface area contributed by atoms with E-state index in [0.717, 1.165) is 0 Å². The van der Waals surface area contributed by atoms with Gasteiger partial charge in [-0.1, -0.05) is 6.42 Å². The third-order valence-electron chi connectivity index (χ3n) is 5.23. The molecule has 11 heavy (non-hydrogen) atoms. The lowest BCUT2D eigenvalue weighted by Crippen LogP contribution is -2.23. The van der Waals surface area contributed by atoms with Gasteiger partial charge < -0.3 is 0 Å². The first kappa shape index (κ1) is 5.61. The molecule has 4 rings (SSSR count). The SMILES string of the molecule is C1CC2CC1CC1C3CC2C13. The van der Waals surface area contributed by atoms with E-state index in [1.807, 2.05) is 0 Å². The van der Waals surface area contributed by atoms with Crippen molar-refractivity contribution in [1.29, 1.82) is 0 Å². The maximum Gasteiger partial charge on any atom is -0.0321 e. The highest BCUT2D eigenvalue weighted by Crippen LogP contribution is 2.73. The van der Waals surface area contributed by atoms with Gasteiger partial charge in [-0.2, -0.15) is 0 Å². The largest absolute Gasteiger partial charge is 0.0502 e. The summed E-state index contributed by atoms with van der Waals surface area (Å²) in [5.74, 6) is 7.39. The molecule has 0 amide bonds. The van der Waals surface area contributed by atoms with Crippen molar-refractivity contribution in [3.8, 4) is 0 Å². The number of fused-ring (bicyclic) bond motifs is 4. The zero-order valence-corrected chi connectivity index (χ0v) is 7.00. The summed E-state index contributed by atoms with van der Waals surface area (Å²) in [5, 5.41) is 0. The van der Waals surface area contributed by atoms with Crippen molar-refractivity contribution in [3.63, 3.8) is 0 Å². The van der Waals surface area contributed by atoms with E-state index in [2.05, 4.69) is 0 Å². The van der Waals surface area contributed by atoms with Gasteiger partial charge >= 0.3 is 0 Å². The van der Waals surface area contributed by atoms with Crippen LogP contribution in [0.3, 0.4) is 0 Å². The van der Waals surface area contributed by atoms with Gasteiger partial charge in [0.05, 0.1) is 0 Å². The van der Waals surface area contributed by atoms with Crippen LogP contribution in [0.2, 0.25) is 0 Å². The highest BCUT2D eigenvalue weighted by molar-refractivity contribution is 5.14. The predicted octanol–water partition coefficient (Wildman–Crippen LogP) is 2.69. The van der Waals surface area contributed by atoms with Crippen LogP contribution in [0.1, 0.15) is 32.1 Å². The first-order valence-electron chi connectivity index (χ1n) is 5.43. The summed E-state index contributed by atoms with van der Waals surface area (Å²) < 4.78 is 0. The summed E-state index contributed by atoms with van der Waals surface area (Å²) in [6.07, 6.45) is 8.11. The standard InChI is InChI=1S/C11H16/c1-2-7-3-6(1)4-9-10-5-8(7)11(9)10/h6-11H,1-5H2. The Hall–Kier alpha value is 0. The van der Waals surface area contributed by atoms with Gasteiger partial charge in [-0.05, 0) is 61.2 Å². The molecule has 0 aromatic heterocycles. The molecule has 60 valence electrons. The first-order chi connectivity index (χ1) is 5.43. The van der Waals surface area contributed by atoms with Gasteiger partial charge in [0.15, 0.2) is 0 Å². The molecule has 4 saturated carbocycles. The van der Waals surface area contributed by atoms with Crippen LogP contribution in [0.25, 0.3) is 0 Å². The molecule has 6 unspecified atom stereocenters. The summed E-state index contributed by atoms with van der Waals surface area (Å²) in [6.45, 7) is 0. The van der Waals surface area contributed by atoms with Crippen molar-refractivity contribution >= 4 is 0 Å². The van der Waals surface area contributed by atoms with Gasteiger partial charge in [0.2, 0.25) is 0 Å². The van der Waals surface area contributed by atoms with E-state index < -0.39 is 0 Å². The molecule has 2 bridgehead atoms. The fourth-order valence-electron chi connectivity index (χ4n) is 4.66. The minimum absolute atomic E-state index is 1.18. The predicted molar refractivity (Wildman–Crippen MR) is 44.0 cm³/mol. The van der Waals surface area contributed by atoms with Crippen molar-refractivity contribution in [2.75, 3.05) is 0 Å². The molecule has 6 atom stereocenters. The smallest absolute Gasteiger partial charge is 0.0321 e. The maximum absolute atomic E-state index is 1.65. The second-order valence-electron chi connectivity index (χ2n) is 5.48. The molecule has 0 aromatic carbocycles. The van der Waals surface area contributed by atoms with Gasteiger partial charge in [0.1, 0.15) is 0 Å². The minimum Gasteiger partial charge on any atom is -0.0502 e. The Morgan fingerprint density at radius 1 is 0.727 bits per heavy atom. The molecular weight excluding hydrogens is 132 g/mol. The molecular formula is C11H16. The molecule has 0 spiro atoms. The molecule has 0 aromatic rings. The van der Waals surface area contributed by atoms with Crippen LogP contribution >= 0.6 is 0 Å². The number of rotatable bonds is 0. The van der Waals surface area contributed by atoms with Crippen molar-refractivity contribution < 1.29 is 0 Å². The zero-order valence-electron chi connectivity index (χ0n) is 7.00. The Balaban J connectivity index is 1.74. The fourth-order valence-corrected chi connectivity index (χ4v) is 4.66. The van der Waals surface area contributed by atoms with Crippen LogP contribution in [0.15, 0.2) is 0 Å². The number of hydrogen-bond acceptors (Lipinski definition) is 0. The minimum atomic E-state index is 1.18. The van der Waals surface area contributed by atoms with Crippen molar-refractivity contribution in [1.82, 2.24) is 0 Å². The van der Waals surface area contributed by atoms with E-state index in [1.54, 1.807) is 32.1 Å². The molecule has 0 N–H and O–H groups in total. The van der Waals surface area contributed by atoms with Crippen molar-refractivity contribution in [2.24, 2.45) is 35.5 Å². The monoisotopic (exact) mass is 148 g/mol. The van der Waals surface area contributed by atoms with E-state index in [1.165, 1.54) is 35.5 Å². The Morgan fingerprint density at radius 3 is 2.64 bits per heavy atom. The lowest BCUT2D eigenvalue weighted by Gasteiger charge is -2.30. The molecule has 4 fully saturated rings. The quantitative estimate of drug-likeness (QED) is 0.495. The van der Waals surface area contributed by atoms with E-state index in [4.69, 9.17) is 0 Å². The summed E-state index contributed by atoms with van der Waals surface area (Å²) in [5.41, 5.74) is 0. The molecule has 0 radical (unpaired) electrons. The maximum atomic E-state index is 1.65. The van der Waals surface area contributed by atoms with Gasteiger partial charge in [-0.15, -0.1) is 0 Å². The van der Waals surface area contributed by atoms with Crippen LogP contribution in [0.4, 0.5) is 0 Å². The Bertz CT molecular complexity index is 202. The molecule has 0 nitrogen and oxygen atoms in total. The average molecular weight is 148 g/mol. The van der Waals surface area contributed by atoms with Gasteiger partial charge in [0.25, 0.3) is 0 Å². The van der Waals surface area contributed by atoms with Crippen LogP contribution < -0.4 is 0 Å². The van der Waals surface area contributed by atoms with Gasteiger partial charge in [0, 0.05) is 0 Å². The van der Waals surface area contributed by atoms with Crippen LogP contribution in [0.5, 0.6) is 0 Å². The molecule has 4 aliphatic carbocycles. The normalized spacial score (nSPS) is 69.8. The first-order valence-corrected chi connectivity index (χ1v) is 5.43. The summed E-state index contributed by atoms with van der Waals surface area (Å²) in [7, 11) is 0. The summed E-state index contributed by atoms with van der Waals surface area (Å²) >= 11 is 0. The van der Waals surface area contributed by atoms with E-state index in [0.29, 0.717) is 0 Å². The highest BCUT2D eigenvalue weighted by atomic mass is 14.7. The fraction of sp³-hybridized carbons (Fsp3) is 1.00. The Kier molecular flexibility index (Phi) is 0.781. The van der Waals surface area contributed by atoms with Gasteiger partial charge in [-0.3, -0.25) is 0 Å². The van der Waals surface area contributed by atoms with Crippen LogP contribution in [0, 0.1) is 35.5 Å². The number of hydrogen-bond donors (Lipinski definition) is 0. The second kappa shape index (κ2) is 1.53. The average Bonchev–Trinajstić information content (AvgIpc) is 2.37. The van der Waals surface area contributed by atoms with Crippen LogP contribution in [-0.2, 0) is 0 Å². The molecule has 4 aliphatic rings. The van der Waals surface area contributed by atoms with E-state index >= 15 is 0 Å². The lowest BCUT2D eigenvalue weighted by molar-refractivity contribution is 0.188. The summed E-state index contributed by atoms with van der Waals surface area (Å²) in [6, 6.07) is 0. The lowest BCUT2D eigenvalue weighted by atomic mass is 9.75. The van der Waals surface area contributed by atoms with Crippen molar-refractivity contribution in [2.45, 2.75) is 32.1 Å². The van der Waals surface area contributed by atoms with Gasteiger partial charge in [-0.25, -0.2) is 0 Å². The Labute approximate surface area is 68.4 Å². The molecule has 0 heterocycles. The third kappa shape index (κ3) is 0.522. The van der Waals surface area contributed by atoms with E-state index in [9.17, 15) is 0 Å². The summed E-state index contributed by atoms with van der Waals surface area (Å²) in [4.78, 5) is 0. The van der Waals surface area contributed by atoms with E-state index in [-0.39, 0.29) is 0 Å². The highest BCUT2D eigenvalue weighted by Gasteiger charge is 2.66. The zero-order chi connectivity index (χ0) is 7.00. The third-order valence-corrected chi connectivity index (χ3v) is 5.23. The topological polar surface area (TPSA) is 0 Å². The molecule has 0 heteroatoms. The second-order valence-corrected chi connectivity index (χ2v) is 5.48. The van der Waals surface area contributed by atoms with Crippen molar-refractivity contribution in [3.05, 3.63) is 0 Å². The Morgan fingerprint density at radius 2 is 1.64 bits per heavy atom. The van der Waals surface area contributed by atoms with Crippen LogP contribution in [-0.4, -0.2) is 0 Å². The molecule has 0 saturated heterocycles.